The van der Waals surface area contributed by atoms with E-state index in [2.05, 4.69) is 29.1 Å². The van der Waals surface area contributed by atoms with Crippen LogP contribution in [0.2, 0.25) is 0 Å². The van der Waals surface area contributed by atoms with Gasteiger partial charge in [-0.2, -0.15) is 0 Å². The normalized spacial score (nSPS) is 14.2. The number of nitrogens with zero attached hydrogens (tertiary/aromatic N) is 2. The van der Waals surface area contributed by atoms with Crippen LogP contribution in [-0.4, -0.2) is 39.5 Å². The van der Waals surface area contributed by atoms with Gasteiger partial charge in [0.05, 0.1) is 6.61 Å². The first-order valence-electron chi connectivity index (χ1n) is 7.44. The van der Waals surface area contributed by atoms with Crippen LogP contribution in [0.5, 0.6) is 0 Å². The van der Waals surface area contributed by atoms with Gasteiger partial charge in [0.25, 0.3) is 0 Å². The van der Waals surface area contributed by atoms with Crippen LogP contribution in [0.25, 0.3) is 0 Å². The molecule has 0 bridgehead atoms. The molecule has 0 radical (unpaired) electrons. The topological polar surface area (TPSA) is 58.0 Å². The van der Waals surface area contributed by atoms with Crippen molar-refractivity contribution in [2.75, 3.05) is 18.9 Å². The van der Waals surface area contributed by atoms with Crippen LogP contribution in [0.3, 0.4) is 0 Å². The monoisotopic (exact) mass is 297 g/mol. The van der Waals surface area contributed by atoms with Gasteiger partial charge in [-0.15, -0.1) is 0 Å². The maximum Gasteiger partial charge on any atom is 0.187 e. The summed E-state index contributed by atoms with van der Waals surface area (Å²) in [6, 6.07) is 1.91. The SMILES string of the molecule is CCCNC(CC)(CO)CCCSc1nccc(C)n1. The molecule has 1 aromatic rings. The van der Waals surface area contributed by atoms with Crippen LogP contribution in [0.15, 0.2) is 17.4 Å². The van der Waals surface area contributed by atoms with Gasteiger partial charge in [-0.3, -0.25) is 0 Å². The summed E-state index contributed by atoms with van der Waals surface area (Å²) in [5.74, 6) is 0.985. The zero-order valence-corrected chi connectivity index (χ0v) is 13.7. The van der Waals surface area contributed by atoms with Gasteiger partial charge in [0.1, 0.15) is 0 Å². The number of thioether (sulfide) groups is 1. The first-order chi connectivity index (χ1) is 9.65. The van der Waals surface area contributed by atoms with E-state index in [1.807, 2.05) is 13.0 Å². The number of nitrogens with one attached hydrogen (secondary N) is 1. The average molecular weight is 297 g/mol. The maximum atomic E-state index is 9.66. The summed E-state index contributed by atoms with van der Waals surface area (Å²) < 4.78 is 0. The Balaban J connectivity index is 2.37. The molecule has 1 aromatic heterocycles. The van der Waals surface area contributed by atoms with Gasteiger partial charge in [0.2, 0.25) is 0 Å². The van der Waals surface area contributed by atoms with Gasteiger partial charge < -0.3 is 10.4 Å². The van der Waals surface area contributed by atoms with Crippen LogP contribution < -0.4 is 5.32 Å². The molecule has 1 heterocycles. The third kappa shape index (κ3) is 5.77. The number of aliphatic hydroxyl groups excluding tert-OH is 1. The Labute approximate surface area is 126 Å². The Bertz CT molecular complexity index is 383. The van der Waals surface area contributed by atoms with E-state index in [4.69, 9.17) is 0 Å². The predicted octanol–water partition coefficient (Wildman–Crippen LogP) is 2.80. The van der Waals surface area contributed by atoms with E-state index in [1.54, 1.807) is 18.0 Å². The Morgan fingerprint density at radius 3 is 2.80 bits per heavy atom. The summed E-state index contributed by atoms with van der Waals surface area (Å²) in [6.07, 6.45) is 5.88. The standard InChI is InChI=1S/C15H27N3OS/c1-4-9-17-15(5-2,12-19)8-6-11-20-14-16-10-7-13(3)18-14/h7,10,17,19H,4-6,8-9,11-12H2,1-3H3. The minimum Gasteiger partial charge on any atom is -0.394 e. The van der Waals surface area contributed by atoms with Crippen molar-refractivity contribution in [1.29, 1.82) is 0 Å². The summed E-state index contributed by atoms with van der Waals surface area (Å²) in [6.45, 7) is 7.43. The lowest BCUT2D eigenvalue weighted by atomic mass is 9.91. The number of aryl methyl sites for hydroxylation is 1. The van der Waals surface area contributed by atoms with E-state index < -0.39 is 0 Å². The number of hydrogen-bond donors (Lipinski definition) is 2. The minimum atomic E-state index is -0.121. The zero-order chi connectivity index (χ0) is 14.8. The first kappa shape index (κ1) is 17.4. The molecule has 0 aromatic carbocycles. The third-order valence-corrected chi connectivity index (χ3v) is 4.48. The van der Waals surface area contributed by atoms with E-state index in [-0.39, 0.29) is 12.1 Å². The molecule has 0 aliphatic carbocycles. The van der Waals surface area contributed by atoms with Crippen molar-refractivity contribution in [3.8, 4) is 0 Å². The van der Waals surface area contributed by atoms with Crippen molar-refractivity contribution in [2.24, 2.45) is 0 Å². The first-order valence-corrected chi connectivity index (χ1v) is 8.42. The molecule has 114 valence electrons. The van der Waals surface area contributed by atoms with Crippen LogP contribution in [-0.2, 0) is 0 Å². The predicted molar refractivity (Wildman–Crippen MR) is 85.1 cm³/mol. The van der Waals surface area contributed by atoms with Crippen molar-refractivity contribution in [3.05, 3.63) is 18.0 Å². The molecule has 0 aliphatic rings. The zero-order valence-electron chi connectivity index (χ0n) is 12.9. The van der Waals surface area contributed by atoms with Crippen LogP contribution in [0.1, 0.15) is 45.2 Å². The average Bonchev–Trinajstić information content (AvgIpc) is 2.47. The van der Waals surface area contributed by atoms with E-state index >= 15 is 0 Å². The van der Waals surface area contributed by atoms with Crippen LogP contribution >= 0.6 is 11.8 Å². The molecule has 0 fully saturated rings. The Kier molecular flexibility index (Phi) is 8.11. The second-order valence-electron chi connectivity index (χ2n) is 5.15. The molecular formula is C15H27N3OS. The van der Waals surface area contributed by atoms with E-state index in [0.717, 1.165) is 48.8 Å². The molecule has 4 nitrogen and oxygen atoms in total. The molecule has 5 heteroatoms. The molecule has 0 spiro atoms. The highest BCUT2D eigenvalue weighted by atomic mass is 32.2. The Morgan fingerprint density at radius 2 is 2.20 bits per heavy atom. The fourth-order valence-electron chi connectivity index (χ4n) is 2.10. The van der Waals surface area contributed by atoms with Gasteiger partial charge in [-0.25, -0.2) is 9.97 Å². The number of hydrogen-bond acceptors (Lipinski definition) is 5. The van der Waals surface area contributed by atoms with Gasteiger partial charge in [-0.05, 0) is 45.2 Å². The number of rotatable bonds is 10. The van der Waals surface area contributed by atoms with Gasteiger partial charge in [-0.1, -0.05) is 25.6 Å². The van der Waals surface area contributed by atoms with Crippen LogP contribution in [0.4, 0.5) is 0 Å². The highest BCUT2D eigenvalue weighted by Crippen LogP contribution is 2.21. The number of aliphatic hydroxyl groups is 1. The summed E-state index contributed by atoms with van der Waals surface area (Å²) >= 11 is 1.69. The number of aromatic nitrogens is 2. The molecule has 0 saturated carbocycles. The van der Waals surface area contributed by atoms with Crippen molar-refractivity contribution in [2.45, 2.75) is 57.1 Å². The maximum absolute atomic E-state index is 9.66. The Morgan fingerprint density at radius 1 is 1.40 bits per heavy atom. The summed E-state index contributed by atoms with van der Waals surface area (Å²) in [5, 5.41) is 14.0. The van der Waals surface area contributed by atoms with Gasteiger partial charge in [0, 0.05) is 23.2 Å². The molecule has 0 saturated heterocycles. The van der Waals surface area contributed by atoms with Crippen molar-refractivity contribution in [1.82, 2.24) is 15.3 Å². The minimum absolute atomic E-state index is 0.121. The van der Waals surface area contributed by atoms with Gasteiger partial charge in [0.15, 0.2) is 5.16 Å². The largest absolute Gasteiger partial charge is 0.394 e. The molecule has 2 N–H and O–H groups in total. The second-order valence-corrected chi connectivity index (χ2v) is 6.21. The van der Waals surface area contributed by atoms with Crippen molar-refractivity contribution >= 4 is 11.8 Å². The van der Waals surface area contributed by atoms with E-state index in [1.165, 1.54) is 0 Å². The van der Waals surface area contributed by atoms with E-state index in [0.29, 0.717) is 0 Å². The molecule has 0 amide bonds. The molecule has 0 aliphatic heterocycles. The lowest BCUT2D eigenvalue weighted by Crippen LogP contribution is -2.48. The highest BCUT2D eigenvalue weighted by Gasteiger charge is 2.25. The van der Waals surface area contributed by atoms with E-state index in [9.17, 15) is 5.11 Å². The lowest BCUT2D eigenvalue weighted by Gasteiger charge is -2.32. The fourth-order valence-corrected chi connectivity index (χ4v) is 2.91. The Hall–Kier alpha value is -0.650. The third-order valence-electron chi connectivity index (χ3n) is 3.53. The smallest absolute Gasteiger partial charge is 0.187 e. The van der Waals surface area contributed by atoms with Crippen LogP contribution in [0, 0.1) is 6.92 Å². The van der Waals surface area contributed by atoms with Crippen molar-refractivity contribution < 1.29 is 5.11 Å². The fraction of sp³-hybridized carbons (Fsp3) is 0.733. The molecule has 1 unspecified atom stereocenters. The van der Waals surface area contributed by atoms with Gasteiger partial charge >= 0.3 is 0 Å². The van der Waals surface area contributed by atoms with Crippen molar-refractivity contribution in [3.63, 3.8) is 0 Å². The second kappa shape index (κ2) is 9.32. The lowest BCUT2D eigenvalue weighted by molar-refractivity contribution is 0.146. The molecule has 1 atom stereocenters. The quantitative estimate of drug-likeness (QED) is 0.395. The highest BCUT2D eigenvalue weighted by molar-refractivity contribution is 7.99. The summed E-state index contributed by atoms with van der Waals surface area (Å²) in [7, 11) is 0. The summed E-state index contributed by atoms with van der Waals surface area (Å²) in [5.41, 5.74) is 0.884. The molecular weight excluding hydrogens is 270 g/mol. The summed E-state index contributed by atoms with van der Waals surface area (Å²) in [4.78, 5) is 8.63. The molecule has 20 heavy (non-hydrogen) atoms. The molecule has 1 rings (SSSR count).